The van der Waals surface area contributed by atoms with Crippen LogP contribution in [0, 0.1) is 5.92 Å². The van der Waals surface area contributed by atoms with Crippen molar-refractivity contribution in [1.82, 2.24) is 14.4 Å². The van der Waals surface area contributed by atoms with Crippen molar-refractivity contribution in [1.29, 1.82) is 0 Å². The maximum absolute atomic E-state index is 14.4. The number of rotatable bonds is 6. The quantitative estimate of drug-likeness (QED) is 0.283. The third-order valence-electron chi connectivity index (χ3n) is 8.45. The number of aromatic nitrogens is 1. The van der Waals surface area contributed by atoms with Crippen LogP contribution in [0.2, 0.25) is 0 Å². The molecule has 0 radical (unpaired) electrons. The Labute approximate surface area is 250 Å². The lowest BCUT2D eigenvalue weighted by atomic mass is 9.96. The number of halogens is 3. The van der Waals surface area contributed by atoms with Crippen LogP contribution >= 0.6 is 0 Å². The molecule has 2 heterocycles. The predicted octanol–water partition coefficient (Wildman–Crippen LogP) is 6.35. The number of hydrogen-bond acceptors (Lipinski definition) is 4. The number of carbonyl (C=O) groups is 1. The highest BCUT2D eigenvalue weighted by Crippen LogP contribution is 2.38. The van der Waals surface area contributed by atoms with E-state index in [2.05, 4.69) is 0 Å². The SMILES string of the molecule is C[C@H]1CN([C@@H](C)CO)C(=O)c2c(c3ccccc3n2C)-c2ccccc2CO[C@@H]1CN(C)Cc1ccc(C(F)(F)F)cc1. The van der Waals surface area contributed by atoms with Gasteiger partial charge >= 0.3 is 6.18 Å². The summed E-state index contributed by atoms with van der Waals surface area (Å²) < 4.78 is 47.7. The van der Waals surface area contributed by atoms with Gasteiger partial charge in [0.25, 0.3) is 5.91 Å². The number of alkyl halides is 3. The highest BCUT2D eigenvalue weighted by Gasteiger charge is 2.34. The van der Waals surface area contributed by atoms with Crippen LogP contribution in [0.1, 0.15) is 41.0 Å². The molecule has 228 valence electrons. The van der Waals surface area contributed by atoms with Gasteiger partial charge in [-0.3, -0.25) is 9.69 Å². The predicted molar refractivity (Wildman–Crippen MR) is 161 cm³/mol. The lowest BCUT2D eigenvalue weighted by Crippen LogP contribution is -2.47. The van der Waals surface area contributed by atoms with Gasteiger partial charge in [-0.2, -0.15) is 13.2 Å². The van der Waals surface area contributed by atoms with E-state index >= 15 is 0 Å². The molecule has 43 heavy (non-hydrogen) atoms. The molecular formula is C34H38F3N3O3. The van der Waals surface area contributed by atoms with Gasteiger partial charge in [0, 0.05) is 49.1 Å². The summed E-state index contributed by atoms with van der Waals surface area (Å²) >= 11 is 0. The van der Waals surface area contributed by atoms with Crippen LogP contribution in [-0.4, -0.2) is 64.3 Å². The molecule has 0 fully saturated rings. The lowest BCUT2D eigenvalue weighted by Gasteiger charge is -2.35. The number of ether oxygens (including phenoxy) is 1. The minimum atomic E-state index is -4.38. The summed E-state index contributed by atoms with van der Waals surface area (Å²) in [6, 6.07) is 20.7. The van der Waals surface area contributed by atoms with E-state index in [1.54, 1.807) is 4.90 Å². The fraction of sp³-hybridized carbons (Fsp3) is 0.382. The topological polar surface area (TPSA) is 57.9 Å². The number of likely N-dealkylation sites (N-methyl/N-ethyl adjacent to an activating group) is 1. The standard InChI is InChI=1S/C34H38F3N3O3/c1-22-17-40(23(2)20-41)33(42)32-31(28-11-7-8-12-29(28)39(32)4)27-10-6-5-9-25(27)21-43-30(22)19-38(3)18-24-13-15-26(16-14-24)34(35,36)37/h5-16,22-23,30,41H,17-21H2,1-4H3/t22-,23-,30+/m0/s1. The van der Waals surface area contributed by atoms with E-state index in [9.17, 15) is 23.1 Å². The Morgan fingerprint density at radius 2 is 1.72 bits per heavy atom. The van der Waals surface area contributed by atoms with E-state index in [-0.39, 0.29) is 24.5 Å². The molecule has 0 bridgehead atoms. The van der Waals surface area contributed by atoms with Crippen LogP contribution in [0.5, 0.6) is 0 Å². The Hall–Kier alpha value is -3.66. The minimum absolute atomic E-state index is 0.114. The maximum atomic E-state index is 14.4. The first kappa shape index (κ1) is 30.8. The highest BCUT2D eigenvalue weighted by atomic mass is 19.4. The van der Waals surface area contributed by atoms with Crippen LogP contribution in [0.4, 0.5) is 13.2 Å². The molecule has 6 nitrogen and oxygen atoms in total. The summed E-state index contributed by atoms with van der Waals surface area (Å²) in [6.07, 6.45) is -4.67. The Bertz CT molecular complexity index is 1580. The second-order valence-electron chi connectivity index (χ2n) is 11.7. The zero-order valence-electron chi connectivity index (χ0n) is 24.9. The number of amides is 1. The van der Waals surface area contributed by atoms with Gasteiger partial charge in [-0.25, -0.2) is 0 Å². The molecule has 0 saturated carbocycles. The zero-order chi connectivity index (χ0) is 30.9. The molecule has 1 amide bonds. The Morgan fingerprint density at radius 1 is 1.05 bits per heavy atom. The van der Waals surface area contributed by atoms with Crippen LogP contribution < -0.4 is 0 Å². The first-order valence-electron chi connectivity index (χ1n) is 14.5. The Kier molecular flexibility index (Phi) is 8.96. The summed E-state index contributed by atoms with van der Waals surface area (Å²) in [5.41, 5.74) is 4.33. The van der Waals surface area contributed by atoms with Crippen LogP contribution in [-0.2, 0) is 31.1 Å². The van der Waals surface area contributed by atoms with E-state index in [0.29, 0.717) is 31.9 Å². The first-order valence-corrected chi connectivity index (χ1v) is 14.5. The van der Waals surface area contributed by atoms with Gasteiger partial charge in [0.05, 0.1) is 30.9 Å². The van der Waals surface area contributed by atoms with Crippen LogP contribution in [0.25, 0.3) is 22.0 Å². The molecule has 3 atom stereocenters. The molecule has 1 aromatic heterocycles. The van der Waals surface area contributed by atoms with Crippen molar-refractivity contribution in [3.05, 3.63) is 95.2 Å². The Morgan fingerprint density at radius 3 is 2.42 bits per heavy atom. The number of aryl methyl sites for hydroxylation is 1. The van der Waals surface area contributed by atoms with Gasteiger partial charge in [0.15, 0.2) is 0 Å². The third-order valence-corrected chi connectivity index (χ3v) is 8.45. The average molecular weight is 594 g/mol. The molecule has 1 N–H and O–H groups in total. The second-order valence-corrected chi connectivity index (χ2v) is 11.7. The molecule has 3 aromatic carbocycles. The van der Waals surface area contributed by atoms with E-state index < -0.39 is 17.8 Å². The van der Waals surface area contributed by atoms with E-state index in [0.717, 1.165) is 45.3 Å². The van der Waals surface area contributed by atoms with E-state index in [1.165, 1.54) is 12.1 Å². The van der Waals surface area contributed by atoms with Crippen molar-refractivity contribution in [3.8, 4) is 11.1 Å². The lowest BCUT2D eigenvalue weighted by molar-refractivity contribution is -0.137. The fourth-order valence-corrected chi connectivity index (χ4v) is 6.01. The van der Waals surface area contributed by atoms with Gasteiger partial charge in [-0.05, 0) is 48.9 Å². The number of carbonyl (C=O) groups excluding carboxylic acids is 1. The second kappa shape index (κ2) is 12.5. The molecule has 1 aliphatic rings. The average Bonchev–Trinajstić information content (AvgIpc) is 3.28. The molecule has 0 spiro atoms. The zero-order valence-corrected chi connectivity index (χ0v) is 24.9. The van der Waals surface area contributed by atoms with E-state index in [4.69, 9.17) is 4.74 Å². The fourth-order valence-electron chi connectivity index (χ4n) is 6.01. The number of para-hydroxylation sites is 1. The van der Waals surface area contributed by atoms with Crippen molar-refractivity contribution in [2.24, 2.45) is 13.0 Å². The summed E-state index contributed by atoms with van der Waals surface area (Å²) in [7, 11) is 3.82. The molecule has 0 saturated heterocycles. The molecule has 0 aliphatic carbocycles. The van der Waals surface area contributed by atoms with Crippen LogP contribution in [0.15, 0.2) is 72.8 Å². The number of nitrogens with zero attached hydrogens (tertiary/aromatic N) is 3. The molecule has 9 heteroatoms. The summed E-state index contributed by atoms with van der Waals surface area (Å²) in [5, 5.41) is 11.2. The molecule has 4 aromatic rings. The third kappa shape index (κ3) is 6.34. The summed E-state index contributed by atoms with van der Waals surface area (Å²) in [4.78, 5) is 18.2. The van der Waals surface area contributed by atoms with Gasteiger partial charge in [-0.15, -0.1) is 0 Å². The van der Waals surface area contributed by atoms with Gasteiger partial charge in [-0.1, -0.05) is 61.5 Å². The number of fused-ring (bicyclic) bond motifs is 5. The number of aliphatic hydroxyl groups excluding tert-OH is 1. The molecule has 1 aliphatic heterocycles. The maximum Gasteiger partial charge on any atom is 0.416 e. The van der Waals surface area contributed by atoms with Crippen LogP contribution in [0.3, 0.4) is 0 Å². The number of aliphatic hydroxyl groups is 1. The highest BCUT2D eigenvalue weighted by molar-refractivity contribution is 6.10. The monoisotopic (exact) mass is 593 g/mol. The van der Waals surface area contributed by atoms with Crippen molar-refractivity contribution in [2.45, 2.75) is 45.3 Å². The smallest absolute Gasteiger partial charge is 0.394 e. The number of hydrogen-bond donors (Lipinski definition) is 1. The first-order chi connectivity index (χ1) is 20.5. The largest absolute Gasteiger partial charge is 0.416 e. The molecule has 0 unspecified atom stereocenters. The summed E-state index contributed by atoms with van der Waals surface area (Å²) in [5.74, 6) is -0.271. The van der Waals surface area contributed by atoms with Crippen molar-refractivity contribution in [3.63, 3.8) is 0 Å². The van der Waals surface area contributed by atoms with Crippen molar-refractivity contribution < 1.29 is 27.8 Å². The summed E-state index contributed by atoms with van der Waals surface area (Å²) in [6.45, 7) is 5.31. The Balaban J connectivity index is 1.51. The number of benzene rings is 3. The normalized spacial score (nSPS) is 18.8. The van der Waals surface area contributed by atoms with Gasteiger partial charge < -0.3 is 19.3 Å². The van der Waals surface area contributed by atoms with E-state index in [1.807, 2.05) is 85.9 Å². The molecular weight excluding hydrogens is 555 g/mol. The molecule has 5 rings (SSSR count). The van der Waals surface area contributed by atoms with Crippen molar-refractivity contribution >= 4 is 16.8 Å². The minimum Gasteiger partial charge on any atom is -0.394 e. The van der Waals surface area contributed by atoms with Crippen molar-refractivity contribution in [2.75, 3.05) is 26.7 Å². The van der Waals surface area contributed by atoms with Gasteiger partial charge in [0.2, 0.25) is 0 Å². The van der Waals surface area contributed by atoms with Gasteiger partial charge in [0.1, 0.15) is 5.69 Å².